The van der Waals surface area contributed by atoms with Gasteiger partial charge in [0.15, 0.2) is 24.7 Å². The van der Waals surface area contributed by atoms with Crippen LogP contribution >= 0.6 is 15.6 Å². The minimum Gasteiger partial charge on any atom is -0.455 e. The van der Waals surface area contributed by atoms with Gasteiger partial charge in [-0.1, -0.05) is 0 Å². The summed E-state index contributed by atoms with van der Waals surface area (Å²) in [4.78, 5) is 74.8. The Bertz CT molecular complexity index is 1180. The van der Waals surface area contributed by atoms with Crippen molar-refractivity contribution < 1.29 is 77.2 Å². The molecule has 9 N–H and O–H groups in total. The molecule has 2 heterocycles. The fourth-order valence-electron chi connectivity index (χ4n) is 2.99. The maximum Gasteiger partial charge on any atom is 0.481 e. The number of phosphoric ester groups is 1. The van der Waals surface area contributed by atoms with E-state index in [1.165, 1.54) is 0 Å². The number of esters is 1. The summed E-state index contributed by atoms with van der Waals surface area (Å²) < 4.78 is 41.2. The van der Waals surface area contributed by atoms with Gasteiger partial charge in [0.2, 0.25) is 0 Å². The lowest BCUT2D eigenvalue weighted by atomic mass is 10.0. The van der Waals surface area contributed by atoms with Gasteiger partial charge in [0.1, 0.15) is 30.5 Å². The number of nitrogens with zero attached hydrogens (tertiary/aromatic N) is 1. The Kier molecular flexibility index (Phi) is 10.2. The minimum absolute atomic E-state index is 0.215. The van der Waals surface area contributed by atoms with Gasteiger partial charge < -0.3 is 54.5 Å². The van der Waals surface area contributed by atoms with Gasteiger partial charge in [0.05, 0.1) is 6.61 Å². The maximum atomic E-state index is 12.3. The van der Waals surface area contributed by atoms with E-state index in [2.05, 4.69) is 8.83 Å². The molecule has 22 heteroatoms. The van der Waals surface area contributed by atoms with Crippen molar-refractivity contribution in [3.8, 4) is 0 Å². The number of aliphatic hydroxyl groups is 5. The number of aromatic amines is 1. The lowest BCUT2D eigenvalue weighted by Crippen LogP contribution is -2.50. The predicted octanol–water partition coefficient (Wildman–Crippen LogP) is -5.42. The van der Waals surface area contributed by atoms with Gasteiger partial charge in [0.25, 0.3) is 5.56 Å². The average Bonchev–Trinajstić information content (AvgIpc) is 3.09. The van der Waals surface area contributed by atoms with Crippen molar-refractivity contribution in [1.29, 1.82) is 0 Å². The molecule has 0 amide bonds. The summed E-state index contributed by atoms with van der Waals surface area (Å²) >= 11 is 0. The van der Waals surface area contributed by atoms with Crippen molar-refractivity contribution in [3.05, 3.63) is 33.1 Å². The Balaban J connectivity index is 2.30. The van der Waals surface area contributed by atoms with Crippen molar-refractivity contribution in [1.82, 2.24) is 9.55 Å². The Morgan fingerprint density at radius 1 is 1.16 bits per heavy atom. The largest absolute Gasteiger partial charge is 0.481 e. The molecular formula is C15H22N2O18P2. The van der Waals surface area contributed by atoms with Gasteiger partial charge in [-0.25, -0.2) is 18.7 Å². The Labute approximate surface area is 204 Å². The summed E-state index contributed by atoms with van der Waals surface area (Å²) in [6.45, 7) is -1.21. The summed E-state index contributed by atoms with van der Waals surface area (Å²) in [6, 6.07) is 0.831. The molecule has 0 aromatic carbocycles. The minimum atomic E-state index is -5.54. The van der Waals surface area contributed by atoms with Crippen LogP contribution in [0.15, 0.2) is 21.9 Å². The molecule has 2 rings (SSSR count). The molecule has 1 aromatic rings. The number of carbonyl (C=O) groups excluding carboxylic acids is 2. The van der Waals surface area contributed by atoms with Crippen LogP contribution in [0.4, 0.5) is 0 Å². The molecule has 1 saturated heterocycles. The second-order valence-electron chi connectivity index (χ2n) is 7.36. The van der Waals surface area contributed by atoms with Crippen molar-refractivity contribution in [3.63, 3.8) is 0 Å². The zero-order valence-electron chi connectivity index (χ0n) is 18.1. The number of nitrogens with one attached hydrogen (secondary N) is 1. The Morgan fingerprint density at radius 3 is 2.32 bits per heavy atom. The molecule has 9 atom stereocenters. The fourth-order valence-corrected chi connectivity index (χ4v) is 4.59. The summed E-state index contributed by atoms with van der Waals surface area (Å²) in [6.07, 6.45) is -16.8. The average molecular weight is 580 g/mol. The molecule has 0 radical (unpaired) electrons. The quantitative estimate of drug-likeness (QED) is 0.0632. The van der Waals surface area contributed by atoms with Gasteiger partial charge >= 0.3 is 27.3 Å². The van der Waals surface area contributed by atoms with Crippen molar-refractivity contribution in [2.75, 3.05) is 6.61 Å². The second-order valence-corrected chi connectivity index (χ2v) is 10.2. The monoisotopic (exact) mass is 580 g/mol. The van der Waals surface area contributed by atoms with Gasteiger partial charge in [-0.3, -0.25) is 18.9 Å². The van der Waals surface area contributed by atoms with Crippen LogP contribution in [-0.4, -0.2) is 111 Å². The lowest BCUT2D eigenvalue weighted by molar-refractivity contribution is -0.180. The first-order valence-corrected chi connectivity index (χ1v) is 12.8. The number of carbonyl (C=O) groups is 2. The number of aliphatic hydroxyl groups excluding tert-OH is 5. The topological polar surface area (TPSA) is 322 Å². The SMILES string of the molecule is O=C[C@H](O)[C@@H](O)[C@H](O)[C@H](O)C(=O)O[C@H]1[C@@H](O)[C@H](n2ccc(=O)[nH]c2=O)O[C@@H]1COP(=O)(O)OP(=O)(O)O. The van der Waals surface area contributed by atoms with E-state index in [4.69, 9.17) is 19.3 Å². The molecule has 0 bridgehead atoms. The number of aldehydes is 1. The molecule has 37 heavy (non-hydrogen) atoms. The van der Waals surface area contributed by atoms with Crippen LogP contribution < -0.4 is 11.2 Å². The van der Waals surface area contributed by atoms with E-state index in [0.717, 1.165) is 12.3 Å². The Hall–Kier alpha value is -2.16. The number of hydrogen-bond acceptors (Lipinski definition) is 15. The summed E-state index contributed by atoms with van der Waals surface area (Å²) in [5.41, 5.74) is -1.98. The number of hydrogen-bond donors (Lipinski definition) is 9. The van der Waals surface area contributed by atoms with Crippen LogP contribution in [0.5, 0.6) is 0 Å². The molecule has 1 fully saturated rings. The highest BCUT2D eigenvalue weighted by Crippen LogP contribution is 2.57. The molecule has 1 aromatic heterocycles. The van der Waals surface area contributed by atoms with Crippen LogP contribution in [-0.2, 0) is 37.0 Å². The maximum absolute atomic E-state index is 12.3. The molecular weight excluding hydrogens is 558 g/mol. The van der Waals surface area contributed by atoms with Gasteiger partial charge in [-0.2, -0.15) is 4.31 Å². The summed E-state index contributed by atoms with van der Waals surface area (Å²) in [5, 5.41) is 49.2. The highest BCUT2D eigenvalue weighted by molar-refractivity contribution is 7.60. The third-order valence-electron chi connectivity index (χ3n) is 4.70. The lowest BCUT2D eigenvalue weighted by Gasteiger charge is -2.26. The zero-order chi connectivity index (χ0) is 28.3. The summed E-state index contributed by atoms with van der Waals surface area (Å²) in [5.74, 6) is -1.80. The first-order valence-electron chi connectivity index (χ1n) is 9.74. The van der Waals surface area contributed by atoms with Crippen LogP contribution in [0, 0.1) is 0 Å². The van der Waals surface area contributed by atoms with Crippen molar-refractivity contribution in [2.24, 2.45) is 0 Å². The van der Waals surface area contributed by atoms with E-state index < -0.39 is 88.4 Å². The number of aromatic nitrogens is 2. The molecule has 20 nitrogen and oxygen atoms in total. The number of phosphoric acid groups is 2. The first-order chi connectivity index (χ1) is 17.0. The van der Waals surface area contributed by atoms with E-state index in [1.807, 2.05) is 4.98 Å². The Morgan fingerprint density at radius 2 is 1.78 bits per heavy atom. The van der Waals surface area contributed by atoms with Crippen LogP contribution in [0.1, 0.15) is 6.23 Å². The van der Waals surface area contributed by atoms with E-state index in [-0.39, 0.29) is 6.29 Å². The highest BCUT2D eigenvalue weighted by Gasteiger charge is 2.50. The van der Waals surface area contributed by atoms with E-state index in [0.29, 0.717) is 4.57 Å². The highest BCUT2D eigenvalue weighted by atomic mass is 31.3. The van der Waals surface area contributed by atoms with Crippen molar-refractivity contribution in [2.45, 2.75) is 49.0 Å². The number of H-pyrrole nitrogens is 1. The molecule has 0 aliphatic carbocycles. The van der Waals surface area contributed by atoms with Crippen molar-refractivity contribution >= 4 is 27.9 Å². The van der Waals surface area contributed by atoms with Gasteiger partial charge in [-0.05, 0) is 0 Å². The smallest absolute Gasteiger partial charge is 0.455 e. The summed E-state index contributed by atoms with van der Waals surface area (Å²) in [7, 11) is -11.0. The van der Waals surface area contributed by atoms with Crippen LogP contribution in [0.2, 0.25) is 0 Å². The normalized spacial score (nSPS) is 27.0. The zero-order valence-corrected chi connectivity index (χ0v) is 19.8. The molecule has 210 valence electrons. The second kappa shape index (κ2) is 12.1. The van der Waals surface area contributed by atoms with E-state index >= 15 is 0 Å². The van der Waals surface area contributed by atoms with E-state index in [1.54, 1.807) is 0 Å². The predicted molar refractivity (Wildman–Crippen MR) is 110 cm³/mol. The van der Waals surface area contributed by atoms with E-state index in [9.17, 15) is 58.7 Å². The van der Waals surface area contributed by atoms with Crippen LogP contribution in [0.25, 0.3) is 0 Å². The first kappa shape index (κ1) is 31.1. The third-order valence-corrected chi connectivity index (χ3v) is 6.85. The molecule has 0 spiro atoms. The molecule has 0 saturated carbocycles. The molecule has 1 aliphatic rings. The fraction of sp³-hybridized carbons (Fsp3) is 0.600. The molecule has 1 unspecified atom stereocenters. The molecule has 1 aliphatic heterocycles. The van der Waals surface area contributed by atoms with Crippen LogP contribution in [0.3, 0.4) is 0 Å². The van der Waals surface area contributed by atoms with Gasteiger partial charge in [-0.15, -0.1) is 0 Å². The standard InChI is InChI=1S/C15H22N2O18P2/c18-3-5(19)8(21)9(22)10(23)14(25)34-12-6(4-32-37(30,31)35-36(27,28)29)33-13(11(12)24)17-2-1-7(20)16-15(17)26/h1-3,5-6,8-13,19,21-24H,4H2,(H,30,31)(H,16,20,26)(H2,27,28,29)/t5-,6+,8+,9-,10-,11+,12+,13+/m0/s1. The number of ether oxygens (including phenoxy) is 2. The number of rotatable bonds is 12. The van der Waals surface area contributed by atoms with Gasteiger partial charge in [0, 0.05) is 12.3 Å². The third kappa shape index (κ3) is 8.16.